The molecule has 0 unspecified atom stereocenters. The number of nitrogens with zero attached hydrogens (tertiary/aromatic N) is 4. The van der Waals surface area contributed by atoms with Gasteiger partial charge in [0.1, 0.15) is 18.8 Å². The van der Waals surface area contributed by atoms with Gasteiger partial charge in [-0.05, 0) is 57.2 Å². The molecule has 2 aromatic rings. The van der Waals surface area contributed by atoms with E-state index >= 15 is 0 Å². The first-order valence-corrected chi connectivity index (χ1v) is 12.8. The molecule has 0 bridgehead atoms. The zero-order chi connectivity index (χ0) is 28.3. The molecule has 8 nitrogen and oxygen atoms in total. The van der Waals surface area contributed by atoms with Crippen LogP contribution in [0.3, 0.4) is 0 Å². The van der Waals surface area contributed by atoms with Crippen LogP contribution in [0.4, 0.5) is 18.0 Å². The molecule has 2 heterocycles. The van der Waals surface area contributed by atoms with E-state index in [9.17, 15) is 27.6 Å². The molecule has 3 amide bonds. The number of benzene rings is 2. The SMILES string of the molecule is Cc1cc(COC(=O)N2CCC(=O)N3[C@@H]2CN(Cc2ccccc2)C(=O)[C@@H]3CCN(C)C)cc(C(F)(F)F)c1. The lowest BCUT2D eigenvalue weighted by atomic mass is 10.0. The number of carbonyl (C=O) groups excluding carboxylic acids is 3. The number of aryl methyl sites for hydroxylation is 1. The summed E-state index contributed by atoms with van der Waals surface area (Å²) in [6.07, 6.45) is -5.58. The summed E-state index contributed by atoms with van der Waals surface area (Å²) in [5, 5.41) is 0. The van der Waals surface area contributed by atoms with Crippen molar-refractivity contribution in [3.63, 3.8) is 0 Å². The standard InChI is InChI=1S/C28H33F3N4O4/c1-19-13-21(15-22(14-19)28(29,30)31)18-39-27(38)34-12-10-25(36)35-23(9-11-32(2)3)26(37)33(17-24(34)35)16-20-7-5-4-6-8-20/h4-8,13-15,23-24H,9-12,16-18H2,1-3H3/t23-,24+/m0/s1. The Morgan fingerprint density at radius 2 is 1.79 bits per heavy atom. The van der Waals surface area contributed by atoms with Crippen molar-refractivity contribution in [1.29, 1.82) is 0 Å². The summed E-state index contributed by atoms with van der Waals surface area (Å²) >= 11 is 0. The van der Waals surface area contributed by atoms with E-state index in [1.807, 2.05) is 49.3 Å². The van der Waals surface area contributed by atoms with Crippen LogP contribution in [0.1, 0.15) is 35.1 Å². The molecule has 0 N–H and O–H groups in total. The Bertz CT molecular complexity index is 1210. The van der Waals surface area contributed by atoms with Gasteiger partial charge >= 0.3 is 12.3 Å². The normalized spacial score (nSPS) is 19.9. The number of fused-ring (bicyclic) bond motifs is 1. The van der Waals surface area contributed by atoms with Gasteiger partial charge in [-0.25, -0.2) is 4.79 Å². The summed E-state index contributed by atoms with van der Waals surface area (Å²) in [5.41, 5.74) is 0.724. The maximum absolute atomic E-state index is 13.6. The quantitative estimate of drug-likeness (QED) is 0.527. The Kier molecular flexibility index (Phi) is 8.48. The van der Waals surface area contributed by atoms with Crippen LogP contribution in [0.25, 0.3) is 0 Å². The van der Waals surface area contributed by atoms with E-state index in [1.165, 1.54) is 15.9 Å². The highest BCUT2D eigenvalue weighted by atomic mass is 19.4. The first-order valence-electron chi connectivity index (χ1n) is 12.8. The second-order valence-corrected chi connectivity index (χ2v) is 10.3. The van der Waals surface area contributed by atoms with Gasteiger partial charge < -0.3 is 19.4 Å². The molecule has 2 aromatic carbocycles. The molecular formula is C28H33F3N4O4. The maximum atomic E-state index is 13.6. The number of rotatable bonds is 7. The summed E-state index contributed by atoms with van der Waals surface area (Å²) in [4.78, 5) is 46.4. The Morgan fingerprint density at radius 1 is 1.08 bits per heavy atom. The van der Waals surface area contributed by atoms with Gasteiger partial charge in [-0.2, -0.15) is 13.2 Å². The minimum Gasteiger partial charge on any atom is -0.444 e. The summed E-state index contributed by atoms with van der Waals surface area (Å²) in [6.45, 7) is 2.28. The lowest BCUT2D eigenvalue weighted by molar-refractivity contribution is -0.169. The van der Waals surface area contributed by atoms with Gasteiger partial charge in [0.15, 0.2) is 0 Å². The molecule has 0 aliphatic carbocycles. The minimum atomic E-state index is -4.52. The van der Waals surface area contributed by atoms with Gasteiger partial charge in [0.2, 0.25) is 11.8 Å². The third-order valence-electron chi connectivity index (χ3n) is 6.98. The maximum Gasteiger partial charge on any atom is 0.416 e. The molecule has 4 rings (SSSR count). The largest absolute Gasteiger partial charge is 0.444 e. The fraction of sp³-hybridized carbons (Fsp3) is 0.464. The minimum absolute atomic E-state index is 0.0265. The second-order valence-electron chi connectivity index (χ2n) is 10.3. The van der Waals surface area contributed by atoms with Crippen molar-refractivity contribution in [3.8, 4) is 0 Å². The van der Waals surface area contributed by atoms with Crippen molar-refractivity contribution in [1.82, 2.24) is 19.6 Å². The van der Waals surface area contributed by atoms with E-state index in [4.69, 9.17) is 4.74 Å². The molecule has 11 heteroatoms. The van der Waals surface area contributed by atoms with Gasteiger partial charge in [-0.3, -0.25) is 14.5 Å². The van der Waals surface area contributed by atoms with Crippen LogP contribution < -0.4 is 0 Å². The van der Waals surface area contributed by atoms with Crippen LogP contribution in [0, 0.1) is 6.92 Å². The number of hydrogen-bond acceptors (Lipinski definition) is 5. The molecule has 0 saturated carbocycles. The topological polar surface area (TPSA) is 73.4 Å². The Hall–Kier alpha value is -3.60. The average Bonchev–Trinajstić information content (AvgIpc) is 2.87. The fourth-order valence-corrected chi connectivity index (χ4v) is 5.14. The molecule has 0 aromatic heterocycles. The molecule has 2 saturated heterocycles. The predicted molar refractivity (Wildman–Crippen MR) is 137 cm³/mol. The van der Waals surface area contributed by atoms with Gasteiger partial charge in [-0.15, -0.1) is 0 Å². The van der Waals surface area contributed by atoms with Crippen molar-refractivity contribution in [3.05, 3.63) is 70.8 Å². The lowest BCUT2D eigenvalue weighted by Gasteiger charge is -2.52. The lowest BCUT2D eigenvalue weighted by Crippen LogP contribution is -2.71. The van der Waals surface area contributed by atoms with Crippen molar-refractivity contribution in [2.45, 2.75) is 51.3 Å². The van der Waals surface area contributed by atoms with E-state index in [0.717, 1.165) is 17.7 Å². The monoisotopic (exact) mass is 546 g/mol. The van der Waals surface area contributed by atoms with Crippen LogP contribution >= 0.6 is 0 Å². The molecule has 0 radical (unpaired) electrons. The van der Waals surface area contributed by atoms with Crippen molar-refractivity contribution < 1.29 is 32.3 Å². The number of amides is 3. The molecule has 2 atom stereocenters. The number of piperazine rings is 1. The molecule has 2 aliphatic heterocycles. The van der Waals surface area contributed by atoms with E-state index in [2.05, 4.69) is 0 Å². The van der Waals surface area contributed by atoms with Gasteiger partial charge in [0.25, 0.3) is 0 Å². The molecule has 2 aliphatic rings. The van der Waals surface area contributed by atoms with Crippen LogP contribution in [0.15, 0.2) is 48.5 Å². The summed E-state index contributed by atoms with van der Waals surface area (Å²) in [5.74, 6) is -0.394. The van der Waals surface area contributed by atoms with Gasteiger partial charge in [0.05, 0.1) is 12.1 Å². The Morgan fingerprint density at radius 3 is 2.46 bits per heavy atom. The first kappa shape index (κ1) is 28.4. The smallest absolute Gasteiger partial charge is 0.416 e. The third-order valence-corrected chi connectivity index (χ3v) is 6.98. The van der Waals surface area contributed by atoms with Crippen molar-refractivity contribution in [2.75, 3.05) is 33.7 Å². The second kappa shape index (κ2) is 11.6. The molecule has 0 spiro atoms. The number of alkyl halides is 3. The zero-order valence-corrected chi connectivity index (χ0v) is 22.3. The first-order chi connectivity index (χ1) is 18.4. The van der Waals surface area contributed by atoms with Gasteiger partial charge in [0, 0.05) is 19.5 Å². The van der Waals surface area contributed by atoms with Crippen molar-refractivity contribution >= 4 is 17.9 Å². The highest BCUT2D eigenvalue weighted by Gasteiger charge is 2.49. The van der Waals surface area contributed by atoms with E-state index < -0.39 is 30.0 Å². The predicted octanol–water partition coefficient (Wildman–Crippen LogP) is 3.87. The van der Waals surface area contributed by atoms with E-state index in [0.29, 0.717) is 25.1 Å². The molecule has 39 heavy (non-hydrogen) atoms. The number of hydrogen-bond donors (Lipinski definition) is 0. The fourth-order valence-electron chi connectivity index (χ4n) is 5.14. The highest BCUT2D eigenvalue weighted by Crippen LogP contribution is 2.32. The Labute approximate surface area is 225 Å². The van der Waals surface area contributed by atoms with Crippen LogP contribution in [-0.2, 0) is 33.7 Å². The van der Waals surface area contributed by atoms with E-state index in [1.54, 1.807) is 11.8 Å². The molecule has 2 fully saturated rings. The number of halogens is 3. The van der Waals surface area contributed by atoms with E-state index in [-0.39, 0.29) is 43.5 Å². The highest BCUT2D eigenvalue weighted by molar-refractivity contribution is 5.90. The Balaban J connectivity index is 1.56. The van der Waals surface area contributed by atoms with Crippen LogP contribution in [0.5, 0.6) is 0 Å². The number of carbonyl (C=O) groups is 3. The number of ether oxygens (including phenoxy) is 1. The third kappa shape index (κ3) is 6.70. The van der Waals surface area contributed by atoms with Crippen LogP contribution in [0.2, 0.25) is 0 Å². The average molecular weight is 547 g/mol. The van der Waals surface area contributed by atoms with Crippen molar-refractivity contribution in [2.24, 2.45) is 0 Å². The summed E-state index contributed by atoms with van der Waals surface area (Å²) < 4.78 is 45.2. The molecule has 210 valence electrons. The van der Waals surface area contributed by atoms with Gasteiger partial charge in [-0.1, -0.05) is 42.0 Å². The zero-order valence-electron chi connectivity index (χ0n) is 22.3. The summed E-state index contributed by atoms with van der Waals surface area (Å²) in [7, 11) is 3.76. The summed E-state index contributed by atoms with van der Waals surface area (Å²) in [6, 6.07) is 12.2. The van der Waals surface area contributed by atoms with Crippen LogP contribution in [-0.4, -0.2) is 83.4 Å². The molecular weight excluding hydrogens is 513 g/mol.